The average Bonchev–Trinajstić information content (AvgIpc) is 3.10. The Morgan fingerprint density at radius 3 is 3.04 bits per heavy atom. The Hall–Kier alpha value is -1.92. The first-order valence-electron chi connectivity index (χ1n) is 8.35. The SMILES string of the molecule is Cc1ccn(CC2CCCNC2)c(=O)c1C(=O)NCc1ccsc1. The molecule has 3 heterocycles. The zero-order valence-electron chi connectivity index (χ0n) is 13.9. The van der Waals surface area contributed by atoms with Crippen LogP contribution < -0.4 is 16.2 Å². The van der Waals surface area contributed by atoms with Crippen molar-refractivity contribution in [2.75, 3.05) is 13.1 Å². The predicted octanol–water partition coefficient (Wildman–Crippen LogP) is 2.15. The van der Waals surface area contributed by atoms with Crippen LogP contribution in [-0.4, -0.2) is 23.6 Å². The van der Waals surface area contributed by atoms with Gasteiger partial charge in [-0.25, -0.2) is 0 Å². The summed E-state index contributed by atoms with van der Waals surface area (Å²) < 4.78 is 1.68. The molecule has 2 aromatic heterocycles. The molecule has 1 fully saturated rings. The molecule has 128 valence electrons. The van der Waals surface area contributed by atoms with Crippen molar-refractivity contribution in [3.05, 3.63) is 56.1 Å². The smallest absolute Gasteiger partial charge is 0.263 e. The Labute approximate surface area is 145 Å². The lowest BCUT2D eigenvalue weighted by Gasteiger charge is -2.23. The highest BCUT2D eigenvalue weighted by molar-refractivity contribution is 7.07. The number of pyridine rings is 1. The van der Waals surface area contributed by atoms with Gasteiger partial charge in [0.15, 0.2) is 0 Å². The molecule has 1 unspecified atom stereocenters. The highest BCUT2D eigenvalue weighted by Gasteiger charge is 2.18. The fourth-order valence-electron chi connectivity index (χ4n) is 3.11. The number of piperidine rings is 1. The minimum atomic E-state index is -0.292. The van der Waals surface area contributed by atoms with E-state index in [1.165, 1.54) is 0 Å². The van der Waals surface area contributed by atoms with Gasteiger partial charge in [0.1, 0.15) is 5.56 Å². The van der Waals surface area contributed by atoms with E-state index in [-0.39, 0.29) is 17.0 Å². The van der Waals surface area contributed by atoms with E-state index in [4.69, 9.17) is 0 Å². The fourth-order valence-corrected chi connectivity index (χ4v) is 3.78. The first-order chi connectivity index (χ1) is 11.6. The quantitative estimate of drug-likeness (QED) is 0.873. The number of carbonyl (C=O) groups excluding carboxylic acids is 1. The summed E-state index contributed by atoms with van der Waals surface area (Å²) in [4.78, 5) is 25.2. The summed E-state index contributed by atoms with van der Waals surface area (Å²) in [6.45, 7) is 4.91. The summed E-state index contributed by atoms with van der Waals surface area (Å²) in [7, 11) is 0. The lowest BCUT2D eigenvalue weighted by molar-refractivity contribution is 0.0948. The maximum Gasteiger partial charge on any atom is 0.263 e. The van der Waals surface area contributed by atoms with Crippen LogP contribution in [0.25, 0.3) is 0 Å². The van der Waals surface area contributed by atoms with Gasteiger partial charge in [-0.05, 0) is 72.8 Å². The van der Waals surface area contributed by atoms with Crippen molar-refractivity contribution in [2.45, 2.75) is 32.9 Å². The lowest BCUT2D eigenvalue weighted by atomic mass is 9.99. The largest absolute Gasteiger partial charge is 0.348 e. The van der Waals surface area contributed by atoms with Gasteiger partial charge in [-0.15, -0.1) is 0 Å². The lowest BCUT2D eigenvalue weighted by Crippen LogP contribution is -2.37. The number of aromatic nitrogens is 1. The summed E-state index contributed by atoms with van der Waals surface area (Å²) in [5.74, 6) is 0.153. The number of nitrogens with one attached hydrogen (secondary N) is 2. The van der Waals surface area contributed by atoms with E-state index in [0.29, 0.717) is 19.0 Å². The predicted molar refractivity (Wildman–Crippen MR) is 96.5 cm³/mol. The summed E-state index contributed by atoms with van der Waals surface area (Å²) in [5, 5.41) is 10.2. The molecule has 0 radical (unpaired) electrons. The molecule has 0 saturated carbocycles. The summed E-state index contributed by atoms with van der Waals surface area (Å²) in [5.41, 5.74) is 1.84. The van der Waals surface area contributed by atoms with Crippen LogP contribution in [0.3, 0.4) is 0 Å². The molecule has 1 saturated heterocycles. The van der Waals surface area contributed by atoms with E-state index < -0.39 is 0 Å². The van der Waals surface area contributed by atoms with Crippen molar-refractivity contribution in [1.82, 2.24) is 15.2 Å². The molecule has 0 bridgehead atoms. The minimum Gasteiger partial charge on any atom is -0.348 e. The second kappa shape index (κ2) is 7.77. The van der Waals surface area contributed by atoms with Crippen LogP contribution in [0.4, 0.5) is 0 Å². The van der Waals surface area contributed by atoms with Gasteiger partial charge in [-0.1, -0.05) is 0 Å². The first kappa shape index (κ1) is 16.9. The molecule has 1 aliphatic rings. The molecular formula is C18H23N3O2S. The summed E-state index contributed by atoms with van der Waals surface area (Å²) >= 11 is 1.59. The first-order valence-corrected chi connectivity index (χ1v) is 9.29. The second-order valence-corrected chi connectivity index (χ2v) is 7.14. The normalized spacial score (nSPS) is 17.6. The summed E-state index contributed by atoms with van der Waals surface area (Å²) in [6.07, 6.45) is 4.06. The van der Waals surface area contributed by atoms with Crippen LogP contribution in [0, 0.1) is 12.8 Å². The zero-order valence-corrected chi connectivity index (χ0v) is 14.7. The van der Waals surface area contributed by atoms with Crippen LogP contribution in [0.5, 0.6) is 0 Å². The molecule has 1 atom stereocenters. The van der Waals surface area contributed by atoms with Crippen molar-refractivity contribution < 1.29 is 4.79 Å². The van der Waals surface area contributed by atoms with Crippen molar-refractivity contribution in [3.63, 3.8) is 0 Å². The number of rotatable bonds is 5. The van der Waals surface area contributed by atoms with Crippen LogP contribution in [0.15, 0.2) is 33.9 Å². The maximum absolute atomic E-state index is 12.8. The minimum absolute atomic E-state index is 0.191. The van der Waals surface area contributed by atoms with E-state index in [1.807, 2.05) is 36.0 Å². The molecule has 5 nitrogen and oxygen atoms in total. The second-order valence-electron chi connectivity index (χ2n) is 6.36. The number of amides is 1. The molecule has 3 rings (SSSR count). The third kappa shape index (κ3) is 3.94. The van der Waals surface area contributed by atoms with Gasteiger partial charge in [0, 0.05) is 19.3 Å². The molecule has 2 N–H and O–H groups in total. The van der Waals surface area contributed by atoms with Crippen LogP contribution in [-0.2, 0) is 13.1 Å². The molecule has 0 aliphatic carbocycles. The van der Waals surface area contributed by atoms with Gasteiger partial charge in [-0.2, -0.15) is 11.3 Å². The molecule has 1 aliphatic heterocycles. The van der Waals surface area contributed by atoms with Crippen molar-refractivity contribution in [1.29, 1.82) is 0 Å². The Kier molecular flexibility index (Phi) is 5.48. The molecular weight excluding hydrogens is 322 g/mol. The molecule has 0 spiro atoms. The third-order valence-corrected chi connectivity index (χ3v) is 5.22. The topological polar surface area (TPSA) is 63.1 Å². The van der Waals surface area contributed by atoms with Gasteiger partial charge >= 0.3 is 0 Å². The van der Waals surface area contributed by atoms with Gasteiger partial charge in [0.2, 0.25) is 0 Å². The van der Waals surface area contributed by atoms with E-state index >= 15 is 0 Å². The molecule has 0 aromatic carbocycles. The van der Waals surface area contributed by atoms with Crippen LogP contribution >= 0.6 is 11.3 Å². The number of aryl methyl sites for hydroxylation is 1. The Balaban J connectivity index is 1.75. The highest BCUT2D eigenvalue weighted by atomic mass is 32.1. The van der Waals surface area contributed by atoms with Gasteiger partial charge < -0.3 is 15.2 Å². The van der Waals surface area contributed by atoms with E-state index in [9.17, 15) is 9.59 Å². The Bertz CT molecular complexity index is 746. The molecule has 6 heteroatoms. The zero-order chi connectivity index (χ0) is 16.9. The number of hydrogen-bond acceptors (Lipinski definition) is 4. The monoisotopic (exact) mass is 345 g/mol. The van der Waals surface area contributed by atoms with Crippen molar-refractivity contribution >= 4 is 17.2 Å². The van der Waals surface area contributed by atoms with Gasteiger partial charge in [0.05, 0.1) is 0 Å². The fraction of sp³-hybridized carbons (Fsp3) is 0.444. The standard InChI is InChI=1S/C18H23N3O2S/c1-13-4-7-21(11-14-3-2-6-19-9-14)18(23)16(13)17(22)20-10-15-5-8-24-12-15/h4-5,7-8,12,14,19H,2-3,6,9-11H2,1H3,(H,20,22). The molecule has 2 aromatic rings. The average molecular weight is 345 g/mol. The Morgan fingerprint density at radius 1 is 1.46 bits per heavy atom. The highest BCUT2D eigenvalue weighted by Crippen LogP contribution is 2.12. The van der Waals surface area contributed by atoms with E-state index in [1.54, 1.807) is 15.9 Å². The number of nitrogens with zero attached hydrogens (tertiary/aromatic N) is 1. The molecule has 1 amide bonds. The number of carbonyl (C=O) groups is 1. The van der Waals surface area contributed by atoms with E-state index in [0.717, 1.165) is 37.1 Å². The molecule has 24 heavy (non-hydrogen) atoms. The number of thiophene rings is 1. The van der Waals surface area contributed by atoms with Gasteiger partial charge in [0.25, 0.3) is 11.5 Å². The van der Waals surface area contributed by atoms with Crippen molar-refractivity contribution in [3.8, 4) is 0 Å². The Morgan fingerprint density at radius 2 is 2.33 bits per heavy atom. The number of hydrogen-bond donors (Lipinski definition) is 2. The van der Waals surface area contributed by atoms with Gasteiger partial charge in [-0.3, -0.25) is 9.59 Å². The van der Waals surface area contributed by atoms with Crippen LogP contribution in [0.2, 0.25) is 0 Å². The van der Waals surface area contributed by atoms with Crippen molar-refractivity contribution in [2.24, 2.45) is 5.92 Å². The van der Waals surface area contributed by atoms with E-state index in [2.05, 4.69) is 10.6 Å². The third-order valence-electron chi connectivity index (χ3n) is 4.49. The maximum atomic E-state index is 12.8. The summed E-state index contributed by atoms with van der Waals surface area (Å²) in [6, 6.07) is 3.83. The van der Waals surface area contributed by atoms with Crippen LogP contribution in [0.1, 0.15) is 34.3 Å².